The molecule has 0 spiro atoms. The molecule has 1 saturated heterocycles. The molecule has 1 aromatic heterocycles. The second-order valence-electron chi connectivity index (χ2n) is 6.04. The molecule has 2 aromatic rings. The summed E-state index contributed by atoms with van der Waals surface area (Å²) in [4.78, 5) is 7.17. The Morgan fingerprint density at radius 1 is 1.36 bits per heavy atom. The number of pyridine rings is 1. The van der Waals surface area contributed by atoms with Crippen molar-refractivity contribution in [1.82, 2.24) is 4.98 Å². The molecule has 0 radical (unpaired) electrons. The van der Waals surface area contributed by atoms with Gasteiger partial charge in [0.05, 0.1) is 11.6 Å². The molecule has 1 aromatic carbocycles. The summed E-state index contributed by atoms with van der Waals surface area (Å²) in [5, 5.41) is 1.91. The Hall–Kier alpha value is -1.32. The smallest absolute Gasteiger partial charge is 0.129 e. The Bertz CT molecular complexity index is 659. The third kappa shape index (κ3) is 3.36. The minimum atomic E-state index is 0.325. The molecule has 1 atom stereocenters. The molecule has 118 valence electrons. The number of piperidine rings is 1. The van der Waals surface area contributed by atoms with Crippen LogP contribution in [0.4, 0.5) is 5.82 Å². The fourth-order valence-corrected chi connectivity index (χ4v) is 3.25. The molecular formula is C18H23ClN2O. The molecule has 1 aliphatic heterocycles. The molecular weight excluding hydrogens is 296 g/mol. The highest BCUT2D eigenvalue weighted by Crippen LogP contribution is 2.27. The van der Waals surface area contributed by atoms with E-state index in [1.165, 1.54) is 10.9 Å². The first-order valence-corrected chi connectivity index (χ1v) is 8.48. The monoisotopic (exact) mass is 318 g/mol. The van der Waals surface area contributed by atoms with Gasteiger partial charge in [-0.3, -0.25) is 0 Å². The van der Waals surface area contributed by atoms with Crippen LogP contribution < -0.4 is 4.90 Å². The van der Waals surface area contributed by atoms with Gasteiger partial charge in [0.15, 0.2) is 0 Å². The number of aryl methyl sites for hydroxylation is 1. The standard InChI is InChI=1S/C18H23ClN2O/c1-3-9-22-15-5-4-8-21(12-15)18-10-13(2)16-7-6-14(19)11-17(16)20-18/h6-7,10-11,15H,3-5,8-9,12H2,1-2H3. The van der Waals surface area contributed by atoms with Crippen LogP contribution in [0.5, 0.6) is 0 Å². The maximum Gasteiger partial charge on any atom is 0.129 e. The fourth-order valence-electron chi connectivity index (χ4n) is 3.09. The van der Waals surface area contributed by atoms with Crippen LogP contribution in [-0.4, -0.2) is 30.8 Å². The number of benzene rings is 1. The van der Waals surface area contributed by atoms with Crippen molar-refractivity contribution < 1.29 is 4.74 Å². The minimum absolute atomic E-state index is 0.325. The highest BCUT2D eigenvalue weighted by molar-refractivity contribution is 6.31. The van der Waals surface area contributed by atoms with Gasteiger partial charge >= 0.3 is 0 Å². The van der Waals surface area contributed by atoms with Crippen LogP contribution in [0, 0.1) is 6.92 Å². The van der Waals surface area contributed by atoms with E-state index < -0.39 is 0 Å². The largest absolute Gasteiger partial charge is 0.376 e. The van der Waals surface area contributed by atoms with E-state index in [1.54, 1.807) is 0 Å². The molecule has 0 N–H and O–H groups in total. The van der Waals surface area contributed by atoms with Crippen molar-refractivity contribution in [2.24, 2.45) is 0 Å². The first kappa shape index (κ1) is 15.6. The second-order valence-corrected chi connectivity index (χ2v) is 6.48. The quantitative estimate of drug-likeness (QED) is 0.824. The molecule has 1 unspecified atom stereocenters. The summed E-state index contributed by atoms with van der Waals surface area (Å²) in [6.07, 6.45) is 3.70. The molecule has 2 heterocycles. The second kappa shape index (κ2) is 6.84. The van der Waals surface area contributed by atoms with Crippen molar-refractivity contribution in [3.8, 4) is 0 Å². The number of rotatable bonds is 4. The summed E-state index contributed by atoms with van der Waals surface area (Å²) in [6.45, 7) is 7.11. The Morgan fingerprint density at radius 2 is 2.23 bits per heavy atom. The SMILES string of the molecule is CCCOC1CCCN(c2cc(C)c3ccc(Cl)cc3n2)C1. The van der Waals surface area contributed by atoms with Crippen LogP contribution in [0.1, 0.15) is 31.7 Å². The average molecular weight is 319 g/mol. The van der Waals surface area contributed by atoms with Crippen LogP contribution in [0.15, 0.2) is 24.3 Å². The zero-order valence-corrected chi connectivity index (χ0v) is 14.1. The zero-order chi connectivity index (χ0) is 15.5. The predicted octanol–water partition coefficient (Wildman–Crippen LogP) is 4.59. The van der Waals surface area contributed by atoms with Gasteiger partial charge in [0, 0.05) is 30.1 Å². The molecule has 1 aliphatic rings. The lowest BCUT2D eigenvalue weighted by Gasteiger charge is -2.33. The lowest BCUT2D eigenvalue weighted by molar-refractivity contribution is 0.0439. The van der Waals surface area contributed by atoms with Gasteiger partial charge in [0.2, 0.25) is 0 Å². The van der Waals surface area contributed by atoms with Gasteiger partial charge < -0.3 is 9.64 Å². The number of anilines is 1. The van der Waals surface area contributed by atoms with Crippen LogP contribution in [0.2, 0.25) is 5.02 Å². The van der Waals surface area contributed by atoms with E-state index in [9.17, 15) is 0 Å². The number of nitrogens with zero attached hydrogens (tertiary/aromatic N) is 2. The highest BCUT2D eigenvalue weighted by atomic mass is 35.5. The fraction of sp³-hybridized carbons (Fsp3) is 0.500. The van der Waals surface area contributed by atoms with Gasteiger partial charge in [-0.25, -0.2) is 4.98 Å². The number of aromatic nitrogens is 1. The van der Waals surface area contributed by atoms with Crippen molar-refractivity contribution in [3.63, 3.8) is 0 Å². The van der Waals surface area contributed by atoms with Crippen LogP contribution >= 0.6 is 11.6 Å². The Balaban J connectivity index is 1.86. The van der Waals surface area contributed by atoms with Gasteiger partial charge in [-0.15, -0.1) is 0 Å². The minimum Gasteiger partial charge on any atom is -0.376 e. The van der Waals surface area contributed by atoms with E-state index in [0.29, 0.717) is 6.10 Å². The van der Waals surface area contributed by atoms with E-state index >= 15 is 0 Å². The molecule has 1 fully saturated rings. The summed E-state index contributed by atoms with van der Waals surface area (Å²) in [7, 11) is 0. The van der Waals surface area contributed by atoms with E-state index in [2.05, 4.69) is 24.8 Å². The number of hydrogen-bond donors (Lipinski definition) is 0. The van der Waals surface area contributed by atoms with Crippen molar-refractivity contribution in [1.29, 1.82) is 0 Å². The number of halogens is 1. The Labute approximate surface area is 137 Å². The number of ether oxygens (including phenoxy) is 1. The molecule has 22 heavy (non-hydrogen) atoms. The van der Waals surface area contributed by atoms with Gasteiger partial charge in [0.1, 0.15) is 5.82 Å². The van der Waals surface area contributed by atoms with Crippen molar-refractivity contribution in [2.45, 2.75) is 39.2 Å². The average Bonchev–Trinajstić information content (AvgIpc) is 2.52. The van der Waals surface area contributed by atoms with Gasteiger partial charge in [0.25, 0.3) is 0 Å². The van der Waals surface area contributed by atoms with Crippen molar-refractivity contribution >= 4 is 28.3 Å². The maximum atomic E-state index is 6.12. The summed E-state index contributed by atoms with van der Waals surface area (Å²) in [6, 6.07) is 8.10. The Kier molecular flexibility index (Phi) is 4.84. The van der Waals surface area contributed by atoms with Gasteiger partial charge in [-0.1, -0.05) is 24.6 Å². The van der Waals surface area contributed by atoms with E-state index in [0.717, 1.165) is 55.3 Å². The Morgan fingerprint density at radius 3 is 3.05 bits per heavy atom. The molecule has 0 bridgehead atoms. The van der Waals surface area contributed by atoms with Crippen LogP contribution in [0.25, 0.3) is 10.9 Å². The molecule has 4 heteroatoms. The number of fused-ring (bicyclic) bond motifs is 1. The highest BCUT2D eigenvalue weighted by Gasteiger charge is 2.21. The molecule has 0 saturated carbocycles. The summed E-state index contributed by atoms with van der Waals surface area (Å²) in [5.74, 6) is 1.04. The first-order chi connectivity index (χ1) is 10.7. The van der Waals surface area contributed by atoms with E-state index in [-0.39, 0.29) is 0 Å². The van der Waals surface area contributed by atoms with Gasteiger partial charge in [-0.05, 0) is 49.9 Å². The lowest BCUT2D eigenvalue weighted by Crippen LogP contribution is -2.40. The normalized spacial score (nSPS) is 18.9. The zero-order valence-electron chi connectivity index (χ0n) is 13.3. The number of hydrogen-bond acceptors (Lipinski definition) is 3. The van der Waals surface area contributed by atoms with E-state index in [1.807, 2.05) is 18.2 Å². The first-order valence-electron chi connectivity index (χ1n) is 8.11. The molecule has 3 nitrogen and oxygen atoms in total. The molecule has 0 aliphatic carbocycles. The molecule has 0 amide bonds. The van der Waals surface area contributed by atoms with Crippen LogP contribution in [-0.2, 0) is 4.74 Å². The third-order valence-corrected chi connectivity index (χ3v) is 4.46. The van der Waals surface area contributed by atoms with Gasteiger partial charge in [-0.2, -0.15) is 0 Å². The third-order valence-electron chi connectivity index (χ3n) is 4.23. The topological polar surface area (TPSA) is 25.4 Å². The summed E-state index contributed by atoms with van der Waals surface area (Å²) in [5.41, 5.74) is 2.22. The van der Waals surface area contributed by atoms with Crippen molar-refractivity contribution in [2.75, 3.05) is 24.6 Å². The van der Waals surface area contributed by atoms with Crippen molar-refractivity contribution in [3.05, 3.63) is 34.9 Å². The summed E-state index contributed by atoms with van der Waals surface area (Å²) >= 11 is 6.12. The maximum absolute atomic E-state index is 6.12. The lowest BCUT2D eigenvalue weighted by atomic mass is 10.1. The predicted molar refractivity (Wildman–Crippen MR) is 93.0 cm³/mol. The van der Waals surface area contributed by atoms with E-state index in [4.69, 9.17) is 21.3 Å². The van der Waals surface area contributed by atoms with Crippen LogP contribution in [0.3, 0.4) is 0 Å². The summed E-state index contributed by atoms with van der Waals surface area (Å²) < 4.78 is 5.93. The molecule has 3 rings (SSSR count).